The number of nitrogens with zero attached hydrogens (tertiary/aromatic N) is 1. The fourth-order valence-electron chi connectivity index (χ4n) is 2.86. The summed E-state index contributed by atoms with van der Waals surface area (Å²) in [4.78, 5) is 0.195. The molecule has 1 fully saturated rings. The van der Waals surface area contributed by atoms with E-state index >= 15 is 0 Å². The highest BCUT2D eigenvalue weighted by Gasteiger charge is 2.21. The Morgan fingerprint density at radius 2 is 2.00 bits per heavy atom. The molecule has 2 aromatic rings. The molecule has 0 amide bonds. The van der Waals surface area contributed by atoms with Gasteiger partial charge in [-0.15, -0.1) is 0 Å². The Morgan fingerprint density at radius 1 is 1.22 bits per heavy atom. The van der Waals surface area contributed by atoms with E-state index in [1.54, 1.807) is 55.6 Å². The monoisotopic (exact) mass is 405 g/mol. The van der Waals surface area contributed by atoms with Crippen molar-refractivity contribution in [1.82, 2.24) is 5.32 Å². The van der Waals surface area contributed by atoms with Gasteiger partial charge in [-0.25, -0.2) is 8.42 Å². The molecular formula is C19H23N3O3S2. The number of para-hydroxylation sites is 1. The van der Waals surface area contributed by atoms with E-state index in [1.807, 2.05) is 6.07 Å². The van der Waals surface area contributed by atoms with Crippen LogP contribution in [-0.4, -0.2) is 39.8 Å². The molecule has 27 heavy (non-hydrogen) atoms. The molecule has 3 rings (SSSR count). The highest BCUT2D eigenvalue weighted by atomic mass is 32.2. The lowest BCUT2D eigenvalue weighted by atomic mass is 10.2. The number of sulfonamides is 1. The van der Waals surface area contributed by atoms with Crippen LogP contribution in [0.3, 0.4) is 0 Å². The summed E-state index contributed by atoms with van der Waals surface area (Å²) in [7, 11) is -2.13. The van der Waals surface area contributed by atoms with Crippen molar-refractivity contribution >= 4 is 38.7 Å². The molecule has 2 aromatic carbocycles. The van der Waals surface area contributed by atoms with Crippen LogP contribution in [0.5, 0.6) is 0 Å². The largest absolute Gasteiger partial charge is 0.376 e. The summed E-state index contributed by atoms with van der Waals surface area (Å²) in [5.74, 6) is 0. The van der Waals surface area contributed by atoms with Crippen LogP contribution in [0.15, 0.2) is 59.5 Å². The Hall–Kier alpha value is -2.16. The third-order valence-corrected chi connectivity index (χ3v) is 6.41. The van der Waals surface area contributed by atoms with Gasteiger partial charge in [-0.1, -0.05) is 24.3 Å². The zero-order chi connectivity index (χ0) is 19.3. The third kappa shape index (κ3) is 4.97. The number of benzene rings is 2. The van der Waals surface area contributed by atoms with Gasteiger partial charge in [0, 0.05) is 25.9 Å². The molecule has 0 bridgehead atoms. The highest BCUT2D eigenvalue weighted by Crippen LogP contribution is 2.23. The molecule has 1 aliphatic rings. The number of nitrogens with one attached hydrogen (secondary N) is 2. The molecule has 144 valence electrons. The lowest BCUT2D eigenvalue weighted by Gasteiger charge is -2.20. The van der Waals surface area contributed by atoms with Gasteiger partial charge in [0.2, 0.25) is 0 Å². The summed E-state index contributed by atoms with van der Waals surface area (Å²) in [6.07, 6.45) is 2.27. The predicted octanol–water partition coefficient (Wildman–Crippen LogP) is 2.98. The molecule has 0 spiro atoms. The van der Waals surface area contributed by atoms with Gasteiger partial charge in [0.15, 0.2) is 5.11 Å². The number of rotatable bonds is 6. The summed E-state index contributed by atoms with van der Waals surface area (Å²) in [6.45, 7) is 1.43. The molecule has 1 heterocycles. The van der Waals surface area contributed by atoms with Gasteiger partial charge in [0.05, 0.1) is 16.7 Å². The highest BCUT2D eigenvalue weighted by molar-refractivity contribution is 7.92. The zero-order valence-corrected chi connectivity index (χ0v) is 16.7. The zero-order valence-electron chi connectivity index (χ0n) is 15.1. The number of thiocarbonyl (C=S) groups is 1. The molecule has 0 radical (unpaired) electrons. The number of hydrogen-bond donors (Lipinski definition) is 2. The van der Waals surface area contributed by atoms with Crippen LogP contribution in [0.1, 0.15) is 12.8 Å². The van der Waals surface area contributed by atoms with Crippen molar-refractivity contribution in [3.8, 4) is 0 Å². The molecule has 8 heteroatoms. The first-order valence-electron chi connectivity index (χ1n) is 8.77. The molecule has 2 N–H and O–H groups in total. The minimum atomic E-state index is -3.67. The van der Waals surface area contributed by atoms with E-state index in [4.69, 9.17) is 17.0 Å². The van der Waals surface area contributed by atoms with Crippen LogP contribution < -0.4 is 14.9 Å². The Bertz CT molecular complexity index is 882. The van der Waals surface area contributed by atoms with E-state index in [9.17, 15) is 8.42 Å². The molecule has 1 saturated heterocycles. The molecule has 1 aliphatic heterocycles. The number of hydrogen-bond acceptors (Lipinski definition) is 4. The maximum Gasteiger partial charge on any atom is 0.264 e. The Kier molecular flexibility index (Phi) is 6.30. The molecule has 0 aliphatic carbocycles. The molecule has 0 saturated carbocycles. The average Bonchev–Trinajstić information content (AvgIpc) is 3.20. The molecule has 0 unspecified atom stereocenters. The predicted molar refractivity (Wildman–Crippen MR) is 112 cm³/mol. The minimum Gasteiger partial charge on any atom is -0.376 e. The lowest BCUT2D eigenvalue weighted by Crippen LogP contribution is -2.34. The minimum absolute atomic E-state index is 0.177. The second-order valence-electron chi connectivity index (χ2n) is 6.31. The smallest absolute Gasteiger partial charge is 0.264 e. The van der Waals surface area contributed by atoms with Crippen molar-refractivity contribution in [1.29, 1.82) is 0 Å². The van der Waals surface area contributed by atoms with Crippen LogP contribution in [0.25, 0.3) is 0 Å². The van der Waals surface area contributed by atoms with Crippen molar-refractivity contribution < 1.29 is 13.2 Å². The SMILES string of the molecule is CN(c1ccccc1)S(=O)(=O)c1cccc(NC(=S)NC[C@H]2CCCO2)c1. The van der Waals surface area contributed by atoms with Gasteiger partial charge >= 0.3 is 0 Å². The molecular weight excluding hydrogens is 382 g/mol. The van der Waals surface area contributed by atoms with Crippen molar-refractivity contribution in [3.05, 3.63) is 54.6 Å². The van der Waals surface area contributed by atoms with Crippen molar-refractivity contribution in [2.45, 2.75) is 23.8 Å². The summed E-state index contributed by atoms with van der Waals surface area (Å²) >= 11 is 5.30. The van der Waals surface area contributed by atoms with E-state index in [2.05, 4.69) is 10.6 Å². The second-order valence-corrected chi connectivity index (χ2v) is 8.68. The van der Waals surface area contributed by atoms with Crippen molar-refractivity contribution in [2.24, 2.45) is 0 Å². The van der Waals surface area contributed by atoms with Gasteiger partial charge in [0.25, 0.3) is 10.0 Å². The Morgan fingerprint density at radius 3 is 2.70 bits per heavy atom. The fraction of sp³-hybridized carbons (Fsp3) is 0.316. The van der Waals surface area contributed by atoms with Crippen LogP contribution in [0.4, 0.5) is 11.4 Å². The summed E-state index contributed by atoms with van der Waals surface area (Å²) < 4.78 is 32.6. The Labute approximate surface area is 165 Å². The number of ether oxygens (including phenoxy) is 1. The van der Waals surface area contributed by atoms with Crippen molar-refractivity contribution in [3.63, 3.8) is 0 Å². The maximum atomic E-state index is 12.9. The topological polar surface area (TPSA) is 70.7 Å². The summed E-state index contributed by atoms with van der Waals surface area (Å²) in [5.41, 5.74) is 1.21. The van der Waals surface area contributed by atoms with Crippen LogP contribution in [0, 0.1) is 0 Å². The first-order chi connectivity index (χ1) is 13.0. The van der Waals surface area contributed by atoms with E-state index in [-0.39, 0.29) is 11.0 Å². The fourth-order valence-corrected chi connectivity index (χ4v) is 4.30. The summed E-state index contributed by atoms with van der Waals surface area (Å²) in [6, 6.07) is 15.6. The normalized spacial score (nSPS) is 16.7. The third-order valence-electron chi connectivity index (χ3n) is 4.38. The maximum absolute atomic E-state index is 12.9. The van der Waals surface area contributed by atoms with Crippen LogP contribution >= 0.6 is 12.2 Å². The van der Waals surface area contributed by atoms with Gasteiger partial charge in [-0.2, -0.15) is 0 Å². The van der Waals surface area contributed by atoms with E-state index in [0.717, 1.165) is 19.4 Å². The van der Waals surface area contributed by atoms with Gasteiger partial charge in [-0.3, -0.25) is 4.31 Å². The van der Waals surface area contributed by atoms with Crippen LogP contribution in [-0.2, 0) is 14.8 Å². The molecule has 0 aromatic heterocycles. The molecule has 6 nitrogen and oxygen atoms in total. The van der Waals surface area contributed by atoms with Gasteiger partial charge in [-0.05, 0) is 55.4 Å². The van der Waals surface area contributed by atoms with E-state index in [0.29, 0.717) is 23.0 Å². The van der Waals surface area contributed by atoms with Crippen molar-refractivity contribution in [2.75, 3.05) is 29.8 Å². The summed E-state index contributed by atoms with van der Waals surface area (Å²) in [5, 5.41) is 6.60. The quantitative estimate of drug-likeness (QED) is 0.720. The van der Waals surface area contributed by atoms with Crippen LogP contribution in [0.2, 0.25) is 0 Å². The lowest BCUT2D eigenvalue weighted by molar-refractivity contribution is 0.114. The first kappa shape index (κ1) is 19.6. The standard InChI is InChI=1S/C19H23N3O3S2/c1-22(16-8-3-2-4-9-16)27(23,24)18-11-5-7-15(13-18)21-19(26)20-14-17-10-6-12-25-17/h2-5,7-9,11,13,17H,6,10,12,14H2,1H3,(H2,20,21,26)/t17-/m1/s1. The number of anilines is 2. The van der Waals surface area contributed by atoms with E-state index in [1.165, 1.54) is 4.31 Å². The van der Waals surface area contributed by atoms with E-state index < -0.39 is 10.0 Å². The Balaban J connectivity index is 1.68. The van der Waals surface area contributed by atoms with Gasteiger partial charge < -0.3 is 15.4 Å². The average molecular weight is 406 g/mol. The van der Waals surface area contributed by atoms with Gasteiger partial charge in [0.1, 0.15) is 0 Å². The first-order valence-corrected chi connectivity index (χ1v) is 10.6. The molecule has 1 atom stereocenters. The second kappa shape index (κ2) is 8.69.